The minimum Gasteiger partial charge on any atom is -0.366 e. The van der Waals surface area contributed by atoms with Gasteiger partial charge in [-0.25, -0.2) is 0 Å². The maximum atomic E-state index is 12.4. The van der Waals surface area contributed by atoms with E-state index in [0.717, 1.165) is 57.9 Å². The molecular weight excluding hydrogens is 344 g/mol. The Hall–Kier alpha value is -2.15. The number of nitrogens with one attached hydrogen (secondary N) is 1. The minimum atomic E-state index is -0.387. The van der Waals surface area contributed by atoms with E-state index < -0.39 is 0 Å². The second kappa shape index (κ2) is 9.17. The van der Waals surface area contributed by atoms with Crippen molar-refractivity contribution >= 4 is 17.3 Å². The normalized spacial score (nSPS) is 18.6. The summed E-state index contributed by atoms with van der Waals surface area (Å²) in [7, 11) is 0. The zero-order valence-electron chi connectivity index (χ0n) is 16.2. The monoisotopic (exact) mass is 374 g/mol. The molecule has 148 valence electrons. The highest BCUT2D eigenvalue weighted by molar-refractivity contribution is 5.95. The average molecular weight is 374 g/mol. The molecule has 0 spiro atoms. The molecule has 0 saturated carbocycles. The Kier molecular flexibility index (Phi) is 6.66. The van der Waals surface area contributed by atoms with Gasteiger partial charge >= 0.3 is 0 Å². The number of hydrogen-bond acceptors (Lipinski definition) is 5. The fourth-order valence-corrected chi connectivity index (χ4v) is 3.93. The van der Waals surface area contributed by atoms with Gasteiger partial charge in [-0.2, -0.15) is 0 Å². The van der Waals surface area contributed by atoms with Crippen LogP contribution in [0.4, 0.5) is 11.4 Å². The van der Waals surface area contributed by atoms with Crippen LogP contribution in [0.5, 0.6) is 0 Å². The van der Waals surface area contributed by atoms with Gasteiger partial charge in [0.25, 0.3) is 11.6 Å². The number of rotatable bonds is 7. The second-order valence-electron chi connectivity index (χ2n) is 7.79. The summed E-state index contributed by atoms with van der Waals surface area (Å²) in [6.07, 6.45) is 5.50. The first kappa shape index (κ1) is 19.6. The molecule has 1 aromatic carbocycles. The zero-order chi connectivity index (χ0) is 19.2. The first-order valence-electron chi connectivity index (χ1n) is 10.1. The summed E-state index contributed by atoms with van der Waals surface area (Å²) in [6, 6.07) is 4.82. The molecule has 0 bridgehead atoms. The fraction of sp³-hybridized carbons (Fsp3) is 0.650. The van der Waals surface area contributed by atoms with Gasteiger partial charge in [0.05, 0.1) is 4.92 Å². The van der Waals surface area contributed by atoms with Crippen molar-refractivity contribution in [1.82, 2.24) is 10.2 Å². The molecule has 7 nitrogen and oxygen atoms in total. The van der Waals surface area contributed by atoms with Gasteiger partial charge < -0.3 is 15.1 Å². The summed E-state index contributed by atoms with van der Waals surface area (Å²) in [4.78, 5) is 27.9. The Balaban J connectivity index is 1.52. The maximum absolute atomic E-state index is 12.4. The number of nitrogens with zero attached hydrogens (tertiary/aromatic N) is 3. The third-order valence-electron chi connectivity index (χ3n) is 5.69. The van der Waals surface area contributed by atoms with Crippen LogP contribution in [0.3, 0.4) is 0 Å². The number of nitro benzene ring substituents is 1. The van der Waals surface area contributed by atoms with Gasteiger partial charge in [-0.05, 0) is 69.8 Å². The first-order valence-corrected chi connectivity index (χ1v) is 10.1. The molecule has 27 heavy (non-hydrogen) atoms. The SMILES string of the molecule is CC1CCN(CCCNC(=O)c2ccc(N3CCCC3)c([N+](=O)[O-])c2)CC1. The van der Waals surface area contributed by atoms with Crippen LogP contribution in [0.25, 0.3) is 0 Å². The Morgan fingerprint density at radius 3 is 2.59 bits per heavy atom. The van der Waals surface area contributed by atoms with E-state index in [1.54, 1.807) is 12.1 Å². The molecule has 2 aliphatic rings. The van der Waals surface area contributed by atoms with Crippen LogP contribution >= 0.6 is 0 Å². The third-order valence-corrected chi connectivity index (χ3v) is 5.69. The van der Waals surface area contributed by atoms with Gasteiger partial charge in [0.1, 0.15) is 5.69 Å². The molecule has 0 aromatic heterocycles. The lowest BCUT2D eigenvalue weighted by Crippen LogP contribution is -2.35. The summed E-state index contributed by atoms with van der Waals surface area (Å²) in [5.74, 6) is 0.582. The van der Waals surface area contributed by atoms with Crippen molar-refractivity contribution in [2.75, 3.05) is 44.2 Å². The van der Waals surface area contributed by atoms with Gasteiger partial charge in [-0.15, -0.1) is 0 Å². The van der Waals surface area contributed by atoms with Gasteiger partial charge in [-0.3, -0.25) is 14.9 Å². The highest BCUT2D eigenvalue weighted by Crippen LogP contribution is 2.31. The smallest absolute Gasteiger partial charge is 0.293 e. The molecule has 0 aliphatic carbocycles. The van der Waals surface area contributed by atoms with Crippen molar-refractivity contribution in [3.63, 3.8) is 0 Å². The molecule has 1 amide bonds. The van der Waals surface area contributed by atoms with Crippen molar-refractivity contribution in [1.29, 1.82) is 0 Å². The van der Waals surface area contributed by atoms with Crippen molar-refractivity contribution in [3.8, 4) is 0 Å². The summed E-state index contributed by atoms with van der Waals surface area (Å²) < 4.78 is 0. The standard InChI is InChI=1S/C20H30N4O3/c1-16-7-13-22(14-8-16)10-4-9-21-20(25)17-5-6-18(19(15-17)24(26)27)23-11-2-3-12-23/h5-6,15-16H,2-4,7-14H2,1H3,(H,21,25). The fourth-order valence-electron chi connectivity index (χ4n) is 3.93. The minimum absolute atomic E-state index is 0.0204. The topological polar surface area (TPSA) is 78.7 Å². The quantitative estimate of drug-likeness (QED) is 0.451. The third kappa shape index (κ3) is 5.19. The number of benzene rings is 1. The first-order chi connectivity index (χ1) is 13.0. The van der Waals surface area contributed by atoms with Crippen LogP contribution in [0.2, 0.25) is 0 Å². The van der Waals surface area contributed by atoms with E-state index in [-0.39, 0.29) is 16.5 Å². The van der Waals surface area contributed by atoms with Crippen LogP contribution in [0.15, 0.2) is 18.2 Å². The van der Waals surface area contributed by atoms with Crippen LogP contribution in [-0.2, 0) is 0 Å². The Morgan fingerprint density at radius 1 is 1.22 bits per heavy atom. The molecule has 0 atom stereocenters. The van der Waals surface area contributed by atoms with Crippen molar-refractivity contribution in [2.45, 2.75) is 39.0 Å². The van der Waals surface area contributed by atoms with Crippen molar-refractivity contribution in [2.24, 2.45) is 5.92 Å². The number of anilines is 1. The maximum Gasteiger partial charge on any atom is 0.293 e. The number of nitro groups is 1. The Labute approximate surface area is 160 Å². The largest absolute Gasteiger partial charge is 0.366 e. The van der Waals surface area contributed by atoms with E-state index in [4.69, 9.17) is 0 Å². The lowest BCUT2D eigenvalue weighted by Gasteiger charge is -2.30. The number of carbonyl (C=O) groups excluding carboxylic acids is 1. The highest BCUT2D eigenvalue weighted by atomic mass is 16.6. The number of hydrogen-bond donors (Lipinski definition) is 1. The molecule has 2 aliphatic heterocycles. The predicted molar refractivity (Wildman–Crippen MR) is 106 cm³/mol. The lowest BCUT2D eigenvalue weighted by molar-refractivity contribution is -0.384. The zero-order valence-corrected chi connectivity index (χ0v) is 16.2. The van der Waals surface area contributed by atoms with E-state index in [2.05, 4.69) is 17.1 Å². The van der Waals surface area contributed by atoms with Gasteiger partial charge in [-0.1, -0.05) is 6.92 Å². The summed E-state index contributed by atoms with van der Waals surface area (Å²) in [6.45, 7) is 7.82. The summed E-state index contributed by atoms with van der Waals surface area (Å²) >= 11 is 0. The number of likely N-dealkylation sites (tertiary alicyclic amines) is 1. The summed E-state index contributed by atoms with van der Waals surface area (Å²) in [5, 5.41) is 14.4. The van der Waals surface area contributed by atoms with E-state index >= 15 is 0 Å². The van der Waals surface area contributed by atoms with Crippen molar-refractivity contribution in [3.05, 3.63) is 33.9 Å². The van der Waals surface area contributed by atoms with Gasteiger partial charge in [0.2, 0.25) is 0 Å². The number of piperidine rings is 1. The molecule has 0 unspecified atom stereocenters. The van der Waals surface area contributed by atoms with Gasteiger partial charge in [0, 0.05) is 31.3 Å². The molecule has 0 radical (unpaired) electrons. The van der Waals surface area contributed by atoms with Crippen LogP contribution in [0, 0.1) is 16.0 Å². The van der Waals surface area contributed by atoms with E-state index in [1.165, 1.54) is 18.9 Å². The predicted octanol–water partition coefficient (Wildman–Crippen LogP) is 3.05. The average Bonchev–Trinajstić information content (AvgIpc) is 3.20. The van der Waals surface area contributed by atoms with E-state index in [9.17, 15) is 14.9 Å². The van der Waals surface area contributed by atoms with Crippen LogP contribution in [0.1, 0.15) is 49.4 Å². The van der Waals surface area contributed by atoms with Gasteiger partial charge in [0.15, 0.2) is 0 Å². The molecule has 2 saturated heterocycles. The molecule has 1 aromatic rings. The van der Waals surface area contributed by atoms with E-state index in [1.807, 2.05) is 4.90 Å². The van der Waals surface area contributed by atoms with E-state index in [0.29, 0.717) is 17.8 Å². The molecule has 1 N–H and O–H groups in total. The van der Waals surface area contributed by atoms with Crippen LogP contribution in [-0.4, -0.2) is 55.0 Å². The number of carbonyl (C=O) groups is 1. The molecule has 2 fully saturated rings. The van der Waals surface area contributed by atoms with Crippen molar-refractivity contribution < 1.29 is 9.72 Å². The number of amides is 1. The van der Waals surface area contributed by atoms with Crippen LogP contribution < -0.4 is 10.2 Å². The molecule has 3 rings (SSSR count). The molecule has 7 heteroatoms. The molecular formula is C20H30N4O3. The Bertz CT molecular complexity index is 665. The Morgan fingerprint density at radius 2 is 1.93 bits per heavy atom. The molecule has 2 heterocycles. The highest BCUT2D eigenvalue weighted by Gasteiger charge is 2.23. The summed E-state index contributed by atoms with van der Waals surface area (Å²) in [5.41, 5.74) is 0.997. The second-order valence-corrected chi connectivity index (χ2v) is 7.79. The lowest BCUT2D eigenvalue weighted by atomic mass is 9.99.